The van der Waals surface area contributed by atoms with E-state index >= 15 is 0 Å². The Balaban J connectivity index is 2.03. The van der Waals surface area contributed by atoms with Crippen molar-refractivity contribution in [3.05, 3.63) is 59.1 Å². The lowest BCUT2D eigenvalue weighted by Gasteiger charge is -2.06. The number of hydrogen-bond acceptors (Lipinski definition) is 6. The van der Waals surface area contributed by atoms with Crippen molar-refractivity contribution >= 4 is 28.5 Å². The molecule has 0 aliphatic rings. The number of pyridine rings is 1. The fourth-order valence-electron chi connectivity index (χ4n) is 2.18. The van der Waals surface area contributed by atoms with Crippen molar-refractivity contribution in [3.63, 3.8) is 0 Å². The van der Waals surface area contributed by atoms with Crippen LogP contribution in [0.15, 0.2) is 57.9 Å². The highest BCUT2D eigenvalue weighted by Crippen LogP contribution is 2.22. The number of benzene rings is 1. The van der Waals surface area contributed by atoms with Gasteiger partial charge in [0, 0.05) is 17.3 Å². The minimum absolute atomic E-state index is 0.305. The van der Waals surface area contributed by atoms with Crippen LogP contribution in [0.5, 0.6) is 0 Å². The number of hydrogen-bond donors (Lipinski definition) is 1. The third-order valence-electron chi connectivity index (χ3n) is 3.30. The lowest BCUT2D eigenvalue weighted by atomic mass is 10.1. The second-order valence-corrected chi connectivity index (χ2v) is 4.86. The molecular formula is C17H12N2O5. The Morgan fingerprint density at radius 3 is 2.71 bits per heavy atom. The first-order valence-corrected chi connectivity index (χ1v) is 6.97. The van der Waals surface area contributed by atoms with Crippen molar-refractivity contribution in [1.29, 1.82) is 0 Å². The van der Waals surface area contributed by atoms with E-state index in [0.29, 0.717) is 27.9 Å². The van der Waals surface area contributed by atoms with E-state index in [4.69, 9.17) is 4.42 Å². The molecule has 0 saturated heterocycles. The van der Waals surface area contributed by atoms with Crippen LogP contribution in [0.1, 0.15) is 0 Å². The fourth-order valence-corrected chi connectivity index (χ4v) is 2.18. The molecule has 1 aromatic carbocycles. The van der Waals surface area contributed by atoms with Crippen LogP contribution in [-0.2, 0) is 14.3 Å². The molecule has 1 amide bonds. The lowest BCUT2D eigenvalue weighted by molar-refractivity contribution is -0.150. The summed E-state index contributed by atoms with van der Waals surface area (Å²) >= 11 is 0. The van der Waals surface area contributed by atoms with Gasteiger partial charge in [0.05, 0.1) is 18.4 Å². The van der Waals surface area contributed by atoms with Gasteiger partial charge < -0.3 is 14.5 Å². The molecule has 0 aliphatic heterocycles. The SMILES string of the molecule is COC(=O)C(=O)Nc1ccc2oc(=O)c(-c3ccccn3)cc2c1. The molecule has 3 rings (SSSR count). The highest BCUT2D eigenvalue weighted by Gasteiger charge is 2.14. The maximum Gasteiger partial charge on any atom is 0.396 e. The van der Waals surface area contributed by atoms with Crippen LogP contribution in [0.2, 0.25) is 0 Å². The smallest absolute Gasteiger partial charge is 0.396 e. The standard InChI is InChI=1S/C17H12N2O5/c1-23-17(22)15(20)19-11-5-6-14-10(8-11)9-12(16(21)24-14)13-4-2-3-7-18-13/h2-9H,1H3,(H,19,20). The number of esters is 1. The van der Waals surface area contributed by atoms with Gasteiger partial charge in [-0.2, -0.15) is 0 Å². The predicted octanol–water partition coefficient (Wildman–Crippen LogP) is 1.97. The minimum Gasteiger partial charge on any atom is -0.462 e. The van der Waals surface area contributed by atoms with Crippen molar-refractivity contribution in [2.24, 2.45) is 0 Å². The Morgan fingerprint density at radius 1 is 1.17 bits per heavy atom. The van der Waals surface area contributed by atoms with Crippen molar-refractivity contribution in [1.82, 2.24) is 4.98 Å². The zero-order valence-corrected chi connectivity index (χ0v) is 12.6. The van der Waals surface area contributed by atoms with Crippen LogP contribution < -0.4 is 10.9 Å². The summed E-state index contributed by atoms with van der Waals surface area (Å²) in [5, 5.41) is 2.99. The average Bonchev–Trinajstić information content (AvgIpc) is 2.61. The van der Waals surface area contributed by atoms with E-state index in [1.165, 1.54) is 12.1 Å². The second-order valence-electron chi connectivity index (χ2n) is 4.86. The summed E-state index contributed by atoms with van der Waals surface area (Å²) in [6.45, 7) is 0. The number of anilines is 1. The second kappa shape index (κ2) is 6.33. The Hall–Kier alpha value is -3.48. The molecule has 3 aromatic rings. The third-order valence-corrected chi connectivity index (χ3v) is 3.30. The van der Waals surface area contributed by atoms with E-state index in [0.717, 1.165) is 7.11 Å². The van der Waals surface area contributed by atoms with E-state index in [1.807, 2.05) is 0 Å². The quantitative estimate of drug-likeness (QED) is 0.439. The minimum atomic E-state index is -0.996. The molecule has 0 atom stereocenters. The monoisotopic (exact) mass is 324 g/mol. The number of ether oxygens (including phenoxy) is 1. The first-order chi connectivity index (χ1) is 11.6. The molecular weight excluding hydrogens is 312 g/mol. The summed E-state index contributed by atoms with van der Waals surface area (Å²) in [7, 11) is 1.12. The molecule has 7 heteroatoms. The summed E-state index contributed by atoms with van der Waals surface area (Å²) in [5.74, 6) is -1.89. The Labute approximate surface area is 135 Å². The maximum atomic E-state index is 12.1. The molecule has 0 radical (unpaired) electrons. The van der Waals surface area contributed by atoms with Crippen LogP contribution in [0.25, 0.3) is 22.2 Å². The fraction of sp³-hybridized carbons (Fsp3) is 0.0588. The van der Waals surface area contributed by atoms with Crippen LogP contribution in [-0.4, -0.2) is 24.0 Å². The molecule has 0 aliphatic carbocycles. The van der Waals surface area contributed by atoms with Crippen molar-refractivity contribution in [2.45, 2.75) is 0 Å². The van der Waals surface area contributed by atoms with Gasteiger partial charge in [-0.1, -0.05) is 6.07 Å². The van der Waals surface area contributed by atoms with Crippen LogP contribution in [0.3, 0.4) is 0 Å². The summed E-state index contributed by atoms with van der Waals surface area (Å²) in [6, 6.07) is 11.5. The first kappa shape index (κ1) is 15.4. The zero-order chi connectivity index (χ0) is 17.1. The summed E-state index contributed by atoms with van der Waals surface area (Å²) < 4.78 is 9.62. The number of nitrogens with zero attached hydrogens (tertiary/aromatic N) is 1. The van der Waals surface area contributed by atoms with Crippen LogP contribution in [0.4, 0.5) is 5.69 Å². The highest BCUT2D eigenvalue weighted by molar-refractivity contribution is 6.37. The molecule has 0 bridgehead atoms. The van der Waals surface area contributed by atoms with Crippen molar-refractivity contribution in [2.75, 3.05) is 12.4 Å². The normalized spacial score (nSPS) is 10.4. The number of nitrogens with one attached hydrogen (secondary N) is 1. The molecule has 2 heterocycles. The zero-order valence-electron chi connectivity index (χ0n) is 12.6. The summed E-state index contributed by atoms with van der Waals surface area (Å²) in [5.41, 5.74) is 1.01. The largest absolute Gasteiger partial charge is 0.462 e. The highest BCUT2D eigenvalue weighted by atomic mass is 16.5. The summed E-state index contributed by atoms with van der Waals surface area (Å²) in [4.78, 5) is 38.9. The van der Waals surface area contributed by atoms with Gasteiger partial charge in [-0.25, -0.2) is 9.59 Å². The van der Waals surface area contributed by atoms with Crippen LogP contribution in [0, 0.1) is 0 Å². The van der Waals surface area contributed by atoms with E-state index < -0.39 is 17.5 Å². The molecule has 0 saturated carbocycles. The van der Waals surface area contributed by atoms with E-state index in [1.54, 1.807) is 36.5 Å². The molecule has 1 N–H and O–H groups in total. The van der Waals surface area contributed by atoms with E-state index in [2.05, 4.69) is 15.0 Å². The molecule has 0 spiro atoms. The Bertz CT molecular complexity index is 979. The molecule has 2 aromatic heterocycles. The third kappa shape index (κ3) is 3.00. The van der Waals surface area contributed by atoms with Gasteiger partial charge >= 0.3 is 17.5 Å². The van der Waals surface area contributed by atoms with Crippen molar-refractivity contribution < 1.29 is 18.7 Å². The number of carbonyl (C=O) groups is 2. The van der Waals surface area contributed by atoms with Gasteiger partial charge in [0.2, 0.25) is 0 Å². The van der Waals surface area contributed by atoms with Gasteiger partial charge in [-0.3, -0.25) is 9.78 Å². The lowest BCUT2D eigenvalue weighted by Crippen LogP contribution is -2.23. The number of carbonyl (C=O) groups excluding carboxylic acids is 2. The molecule has 0 fully saturated rings. The number of amides is 1. The van der Waals surface area contributed by atoms with Gasteiger partial charge in [0.15, 0.2) is 0 Å². The molecule has 0 unspecified atom stereocenters. The molecule has 7 nitrogen and oxygen atoms in total. The average molecular weight is 324 g/mol. The Morgan fingerprint density at radius 2 is 2.00 bits per heavy atom. The van der Waals surface area contributed by atoms with Gasteiger partial charge in [-0.05, 0) is 36.4 Å². The molecule has 24 heavy (non-hydrogen) atoms. The maximum absolute atomic E-state index is 12.1. The van der Waals surface area contributed by atoms with E-state index in [9.17, 15) is 14.4 Å². The number of methoxy groups -OCH3 is 1. The number of fused-ring (bicyclic) bond motifs is 1. The van der Waals surface area contributed by atoms with Crippen LogP contribution >= 0.6 is 0 Å². The first-order valence-electron chi connectivity index (χ1n) is 6.97. The van der Waals surface area contributed by atoms with Gasteiger partial charge in [0.25, 0.3) is 0 Å². The van der Waals surface area contributed by atoms with E-state index in [-0.39, 0.29) is 0 Å². The topological polar surface area (TPSA) is 98.5 Å². The Kier molecular flexibility index (Phi) is 4.07. The number of aromatic nitrogens is 1. The summed E-state index contributed by atoms with van der Waals surface area (Å²) in [6.07, 6.45) is 1.58. The van der Waals surface area contributed by atoms with Gasteiger partial charge in [-0.15, -0.1) is 0 Å². The van der Waals surface area contributed by atoms with Crippen molar-refractivity contribution in [3.8, 4) is 11.3 Å². The van der Waals surface area contributed by atoms with Gasteiger partial charge in [0.1, 0.15) is 5.58 Å². The molecule has 120 valence electrons. The number of rotatable bonds is 2. The predicted molar refractivity (Wildman–Crippen MR) is 86.4 cm³/mol.